The van der Waals surface area contributed by atoms with E-state index in [1.54, 1.807) is 0 Å². The van der Waals surface area contributed by atoms with E-state index in [1.165, 1.54) is 9.80 Å². The molecule has 4 bridgehead atoms. The summed E-state index contributed by atoms with van der Waals surface area (Å²) in [5.74, 6) is -0.691. The van der Waals surface area contributed by atoms with Crippen LogP contribution in [0.1, 0.15) is 59.8 Å². The first-order chi connectivity index (χ1) is 14.5. The summed E-state index contributed by atoms with van der Waals surface area (Å²) in [6.45, 7) is 7.89. The molecule has 4 unspecified atom stereocenters. The molecular weight excluding hydrogens is 400 g/mol. The minimum atomic E-state index is -0.819. The van der Waals surface area contributed by atoms with E-state index in [2.05, 4.69) is 0 Å². The first-order valence-electron chi connectivity index (χ1n) is 11.6. The van der Waals surface area contributed by atoms with Gasteiger partial charge in [-0.2, -0.15) is 0 Å². The SMILES string of the molecule is C[C@@]12C(=O)N(CCCN3C(=O)[C@@]4(C)C5CCC(O5)[C@@]4(C)C3=O)C(=O)[C@]1(C)C1CCC2O1. The molecule has 0 N–H and O–H groups in total. The van der Waals surface area contributed by atoms with Gasteiger partial charge in [-0.15, -0.1) is 0 Å². The summed E-state index contributed by atoms with van der Waals surface area (Å²) in [7, 11) is 0. The summed E-state index contributed by atoms with van der Waals surface area (Å²) < 4.78 is 11.9. The molecule has 0 saturated carbocycles. The smallest absolute Gasteiger partial charge is 0.238 e. The van der Waals surface area contributed by atoms with Gasteiger partial charge in [0.1, 0.15) is 0 Å². The summed E-state index contributed by atoms with van der Waals surface area (Å²) in [5, 5.41) is 0. The van der Waals surface area contributed by atoms with Crippen molar-refractivity contribution in [2.24, 2.45) is 21.7 Å². The average molecular weight is 431 g/mol. The molecule has 0 radical (unpaired) electrons. The molecule has 6 rings (SSSR count). The van der Waals surface area contributed by atoms with E-state index in [9.17, 15) is 19.2 Å². The first-order valence-corrected chi connectivity index (χ1v) is 11.6. The second-order valence-electron chi connectivity index (χ2n) is 11.1. The van der Waals surface area contributed by atoms with Crippen LogP contribution in [0.5, 0.6) is 0 Å². The Kier molecular flexibility index (Phi) is 3.57. The van der Waals surface area contributed by atoms with Crippen molar-refractivity contribution in [1.29, 1.82) is 0 Å². The standard InChI is InChI=1S/C23H30N2O6/c1-20-12-6-7-13(30-12)21(20,2)17(27)24(16(20)26)10-5-11-25-18(28)22(3)14-8-9-15(31-14)23(22,4)19(25)29/h12-15H,5-11H2,1-4H3/t12?,13?,14?,15?,20-,21+,22-,23+. The van der Waals surface area contributed by atoms with Crippen molar-refractivity contribution in [2.45, 2.75) is 84.2 Å². The van der Waals surface area contributed by atoms with Crippen LogP contribution in [0.25, 0.3) is 0 Å². The third-order valence-electron chi connectivity index (χ3n) is 10.3. The van der Waals surface area contributed by atoms with Gasteiger partial charge in [-0.25, -0.2) is 0 Å². The minimum absolute atomic E-state index is 0.173. The van der Waals surface area contributed by atoms with Gasteiger partial charge < -0.3 is 9.47 Å². The second-order valence-corrected chi connectivity index (χ2v) is 11.1. The molecule has 8 heteroatoms. The molecule has 6 saturated heterocycles. The monoisotopic (exact) mass is 430 g/mol. The van der Waals surface area contributed by atoms with Crippen LogP contribution in [0.2, 0.25) is 0 Å². The van der Waals surface area contributed by atoms with Gasteiger partial charge in [-0.05, 0) is 59.8 Å². The lowest BCUT2D eigenvalue weighted by Gasteiger charge is -2.36. The van der Waals surface area contributed by atoms with E-state index in [0.717, 1.165) is 25.7 Å². The van der Waals surface area contributed by atoms with Crippen molar-refractivity contribution in [1.82, 2.24) is 9.80 Å². The Hall–Kier alpha value is -1.80. The fourth-order valence-corrected chi connectivity index (χ4v) is 7.85. The topological polar surface area (TPSA) is 93.2 Å². The second kappa shape index (κ2) is 5.57. The molecule has 31 heavy (non-hydrogen) atoms. The highest BCUT2D eigenvalue weighted by atomic mass is 16.5. The minimum Gasteiger partial charge on any atom is -0.373 e. The predicted molar refractivity (Wildman–Crippen MR) is 106 cm³/mol. The van der Waals surface area contributed by atoms with Crippen molar-refractivity contribution in [3.05, 3.63) is 0 Å². The number of imide groups is 2. The molecule has 0 spiro atoms. The first kappa shape index (κ1) is 19.9. The Morgan fingerprint density at radius 2 is 0.871 bits per heavy atom. The van der Waals surface area contributed by atoms with Crippen LogP contribution >= 0.6 is 0 Å². The van der Waals surface area contributed by atoms with E-state index in [0.29, 0.717) is 6.42 Å². The zero-order chi connectivity index (χ0) is 22.1. The number of fused-ring (bicyclic) bond motifs is 10. The molecule has 6 fully saturated rings. The summed E-state index contributed by atoms with van der Waals surface area (Å²) in [6, 6.07) is 0. The fraction of sp³-hybridized carbons (Fsp3) is 0.826. The molecule has 0 aromatic rings. The molecule has 6 heterocycles. The Labute approximate surface area is 181 Å². The van der Waals surface area contributed by atoms with Crippen LogP contribution in [0, 0.1) is 21.7 Å². The van der Waals surface area contributed by atoms with Crippen LogP contribution < -0.4 is 0 Å². The largest absolute Gasteiger partial charge is 0.373 e. The highest BCUT2D eigenvalue weighted by molar-refractivity contribution is 6.11. The lowest BCUT2D eigenvalue weighted by atomic mass is 9.59. The highest BCUT2D eigenvalue weighted by Gasteiger charge is 2.78. The lowest BCUT2D eigenvalue weighted by Crippen LogP contribution is -2.48. The average Bonchev–Trinajstić information content (AvgIpc) is 3.54. The van der Waals surface area contributed by atoms with E-state index in [4.69, 9.17) is 9.47 Å². The normalized spacial score (nSPS) is 52.1. The maximum Gasteiger partial charge on any atom is 0.238 e. The van der Waals surface area contributed by atoms with Gasteiger partial charge >= 0.3 is 0 Å². The molecule has 0 aromatic heterocycles. The van der Waals surface area contributed by atoms with Crippen molar-refractivity contribution in [2.75, 3.05) is 13.1 Å². The Morgan fingerprint density at radius 1 is 0.613 bits per heavy atom. The number of hydrogen-bond donors (Lipinski definition) is 0. The van der Waals surface area contributed by atoms with Crippen LogP contribution in [0.4, 0.5) is 0 Å². The number of hydrogen-bond acceptors (Lipinski definition) is 6. The van der Waals surface area contributed by atoms with Crippen LogP contribution in [0.15, 0.2) is 0 Å². The Bertz CT molecular complexity index is 808. The molecule has 8 nitrogen and oxygen atoms in total. The van der Waals surface area contributed by atoms with E-state index >= 15 is 0 Å². The van der Waals surface area contributed by atoms with Gasteiger partial charge in [0.2, 0.25) is 23.6 Å². The van der Waals surface area contributed by atoms with Crippen LogP contribution in [0.3, 0.4) is 0 Å². The predicted octanol–water partition coefficient (Wildman–Crippen LogP) is 1.26. The molecular formula is C23H30N2O6. The maximum atomic E-state index is 13.3. The zero-order valence-corrected chi connectivity index (χ0v) is 18.6. The highest BCUT2D eigenvalue weighted by Crippen LogP contribution is 2.65. The van der Waals surface area contributed by atoms with E-state index < -0.39 is 21.7 Å². The summed E-state index contributed by atoms with van der Waals surface area (Å²) >= 11 is 0. The van der Waals surface area contributed by atoms with E-state index in [1.807, 2.05) is 27.7 Å². The number of ether oxygens (including phenoxy) is 2. The van der Waals surface area contributed by atoms with Crippen LogP contribution in [-0.2, 0) is 28.7 Å². The molecule has 4 amide bonds. The van der Waals surface area contributed by atoms with Gasteiger partial charge in [-0.1, -0.05) is 0 Å². The number of likely N-dealkylation sites (tertiary alicyclic amines) is 2. The molecule has 6 aliphatic heterocycles. The van der Waals surface area contributed by atoms with Gasteiger partial charge in [0.05, 0.1) is 46.1 Å². The van der Waals surface area contributed by atoms with Gasteiger partial charge in [0.25, 0.3) is 0 Å². The summed E-state index contributed by atoms with van der Waals surface area (Å²) in [6.07, 6.45) is 2.79. The number of amides is 4. The summed E-state index contributed by atoms with van der Waals surface area (Å²) in [4.78, 5) is 55.9. The molecule has 6 aliphatic rings. The third-order valence-corrected chi connectivity index (χ3v) is 10.3. The zero-order valence-electron chi connectivity index (χ0n) is 18.6. The van der Waals surface area contributed by atoms with Crippen LogP contribution in [-0.4, -0.2) is 70.9 Å². The molecule has 0 aromatic carbocycles. The van der Waals surface area contributed by atoms with Crippen molar-refractivity contribution in [3.8, 4) is 0 Å². The van der Waals surface area contributed by atoms with Crippen molar-refractivity contribution < 1.29 is 28.7 Å². The van der Waals surface area contributed by atoms with Crippen molar-refractivity contribution in [3.63, 3.8) is 0 Å². The molecule has 8 atom stereocenters. The maximum absolute atomic E-state index is 13.3. The fourth-order valence-electron chi connectivity index (χ4n) is 7.85. The third kappa shape index (κ3) is 1.78. The van der Waals surface area contributed by atoms with Crippen molar-refractivity contribution >= 4 is 23.6 Å². The van der Waals surface area contributed by atoms with E-state index in [-0.39, 0.29) is 61.1 Å². The number of rotatable bonds is 4. The molecule has 0 aliphatic carbocycles. The number of nitrogens with zero attached hydrogens (tertiary/aromatic N) is 2. The quantitative estimate of drug-likeness (QED) is 0.624. The summed E-state index contributed by atoms with van der Waals surface area (Å²) in [5.41, 5.74) is -3.27. The molecule has 168 valence electrons. The lowest BCUT2D eigenvalue weighted by molar-refractivity contribution is -0.145. The van der Waals surface area contributed by atoms with Gasteiger partial charge in [0.15, 0.2) is 0 Å². The van der Waals surface area contributed by atoms with Gasteiger partial charge in [-0.3, -0.25) is 29.0 Å². The number of carbonyl (C=O) groups is 4. The van der Waals surface area contributed by atoms with Gasteiger partial charge in [0, 0.05) is 13.1 Å². The Morgan fingerprint density at radius 3 is 1.13 bits per heavy atom. The Balaban J connectivity index is 1.19. The number of carbonyl (C=O) groups excluding carboxylic acids is 4.